The summed E-state index contributed by atoms with van der Waals surface area (Å²) in [7, 11) is 0. The van der Waals surface area contributed by atoms with E-state index < -0.39 is 5.56 Å². The second kappa shape index (κ2) is 7.03. The van der Waals surface area contributed by atoms with Gasteiger partial charge in [0.15, 0.2) is 5.84 Å². The molecule has 0 aliphatic heterocycles. The molecule has 0 spiro atoms. The molecule has 140 valence electrons. The smallest absolute Gasteiger partial charge is 0.260 e. The topological polar surface area (TPSA) is 112 Å². The normalized spacial score (nSPS) is 11.8. The molecule has 0 unspecified atom stereocenters. The number of aromatic nitrogens is 1. The van der Waals surface area contributed by atoms with Gasteiger partial charge in [-0.2, -0.15) is 0 Å². The van der Waals surface area contributed by atoms with Crippen LogP contribution in [-0.2, 0) is 0 Å². The van der Waals surface area contributed by atoms with Gasteiger partial charge in [0.1, 0.15) is 14.9 Å². The highest BCUT2D eigenvalue weighted by Crippen LogP contribution is 2.46. The Balaban J connectivity index is 1.97. The molecule has 2 heterocycles. The molecule has 0 radical (unpaired) electrons. The lowest BCUT2D eigenvalue weighted by molar-refractivity contribution is 0.318. The van der Waals surface area contributed by atoms with E-state index >= 15 is 0 Å². The van der Waals surface area contributed by atoms with Crippen LogP contribution in [0.2, 0.25) is 4.34 Å². The predicted molar refractivity (Wildman–Crippen MR) is 113 cm³/mol. The van der Waals surface area contributed by atoms with E-state index in [-0.39, 0.29) is 17.1 Å². The molecule has 4 aromatic rings. The maximum absolute atomic E-state index is 12.6. The summed E-state index contributed by atoms with van der Waals surface area (Å²) >= 11 is 7.64. The lowest BCUT2D eigenvalue weighted by atomic mass is 10.00. The minimum Gasteiger partial charge on any atom is -0.506 e. The third-order valence-corrected chi connectivity index (χ3v) is 5.75. The standard InChI is InChI=1S/C20H14ClN3O3S/c21-17-13(10-4-2-1-3-5-10)15-16(25)14(19(26)23-20(15)28-17)11-6-8-12(9-7-11)18(22)24-27/h1-9,27H,(H2,22,24)(H2,23,25,26). The van der Waals surface area contributed by atoms with Crippen LogP contribution < -0.4 is 11.3 Å². The third kappa shape index (κ3) is 2.90. The van der Waals surface area contributed by atoms with Crippen molar-refractivity contribution >= 4 is 39.0 Å². The van der Waals surface area contributed by atoms with Crippen molar-refractivity contribution in [2.75, 3.05) is 0 Å². The van der Waals surface area contributed by atoms with Gasteiger partial charge in [-0.3, -0.25) is 4.79 Å². The summed E-state index contributed by atoms with van der Waals surface area (Å²) < 4.78 is 0.478. The van der Waals surface area contributed by atoms with Crippen LogP contribution in [0.5, 0.6) is 5.75 Å². The zero-order chi connectivity index (χ0) is 19.8. The number of hydrogen-bond donors (Lipinski definition) is 4. The predicted octanol–water partition coefficient (Wildman–Crippen LogP) is 4.38. The Labute approximate surface area is 168 Å². The molecule has 0 saturated heterocycles. The molecule has 4 rings (SSSR count). The SMILES string of the molecule is NC(=NO)c1ccc(-c2c(O)c3c(-c4ccccc4)c(Cl)sc3[nH]c2=O)cc1. The molecule has 28 heavy (non-hydrogen) atoms. The number of aromatic amines is 1. The molecule has 2 aromatic heterocycles. The Morgan fingerprint density at radius 2 is 1.68 bits per heavy atom. The molecule has 2 aromatic carbocycles. The minimum absolute atomic E-state index is 0.0453. The maximum Gasteiger partial charge on any atom is 0.260 e. The summed E-state index contributed by atoms with van der Waals surface area (Å²) in [5.74, 6) is -0.187. The van der Waals surface area contributed by atoms with Crippen LogP contribution in [0.4, 0.5) is 0 Å². The summed E-state index contributed by atoms with van der Waals surface area (Å²) in [5, 5.41) is 23.2. The fourth-order valence-electron chi connectivity index (χ4n) is 3.11. The number of nitrogens with two attached hydrogens (primary N) is 1. The number of oxime groups is 1. The molecule has 8 heteroatoms. The number of fused-ring (bicyclic) bond motifs is 1. The number of hydrogen-bond acceptors (Lipinski definition) is 5. The fourth-order valence-corrected chi connectivity index (χ4v) is 4.49. The van der Waals surface area contributed by atoms with E-state index in [2.05, 4.69) is 10.1 Å². The molecule has 0 fully saturated rings. The summed E-state index contributed by atoms with van der Waals surface area (Å²) in [6.07, 6.45) is 0. The molecule has 0 aliphatic rings. The van der Waals surface area contributed by atoms with E-state index in [0.29, 0.717) is 31.2 Å². The number of nitrogens with zero attached hydrogens (tertiary/aromatic N) is 1. The number of benzene rings is 2. The average Bonchev–Trinajstić information content (AvgIpc) is 3.04. The number of halogens is 1. The lowest BCUT2D eigenvalue weighted by Crippen LogP contribution is -2.13. The van der Waals surface area contributed by atoms with E-state index in [1.807, 2.05) is 30.3 Å². The van der Waals surface area contributed by atoms with Crippen molar-refractivity contribution in [3.8, 4) is 28.0 Å². The van der Waals surface area contributed by atoms with Gasteiger partial charge in [-0.15, -0.1) is 11.3 Å². The van der Waals surface area contributed by atoms with Crippen LogP contribution in [0.25, 0.3) is 32.5 Å². The Morgan fingerprint density at radius 3 is 2.32 bits per heavy atom. The van der Waals surface area contributed by atoms with Gasteiger partial charge in [0.2, 0.25) is 0 Å². The van der Waals surface area contributed by atoms with E-state index in [0.717, 1.165) is 5.56 Å². The molecule has 5 N–H and O–H groups in total. The highest BCUT2D eigenvalue weighted by Gasteiger charge is 2.21. The van der Waals surface area contributed by atoms with Crippen molar-refractivity contribution in [2.24, 2.45) is 10.9 Å². The van der Waals surface area contributed by atoms with Gasteiger partial charge in [0, 0.05) is 11.1 Å². The van der Waals surface area contributed by atoms with Crippen LogP contribution >= 0.6 is 22.9 Å². The Morgan fingerprint density at radius 1 is 1.04 bits per heavy atom. The zero-order valence-corrected chi connectivity index (χ0v) is 15.9. The third-order valence-electron chi connectivity index (χ3n) is 4.43. The second-order valence-electron chi connectivity index (χ2n) is 6.06. The quantitative estimate of drug-likeness (QED) is 0.173. The number of thiophene rings is 1. The molecular formula is C20H14ClN3O3S. The van der Waals surface area contributed by atoms with Gasteiger partial charge in [0.05, 0.1) is 10.9 Å². The molecule has 6 nitrogen and oxygen atoms in total. The van der Waals surface area contributed by atoms with Crippen molar-refractivity contribution in [1.82, 2.24) is 4.98 Å². The van der Waals surface area contributed by atoms with Crippen LogP contribution in [0.3, 0.4) is 0 Å². The summed E-state index contributed by atoms with van der Waals surface area (Å²) in [5.41, 5.74) is 7.77. The average molecular weight is 412 g/mol. The van der Waals surface area contributed by atoms with Gasteiger partial charge < -0.3 is 21.0 Å². The first-order valence-electron chi connectivity index (χ1n) is 8.22. The van der Waals surface area contributed by atoms with Crippen LogP contribution in [0.15, 0.2) is 64.5 Å². The number of pyridine rings is 1. The van der Waals surface area contributed by atoms with Crippen molar-refractivity contribution in [2.45, 2.75) is 0 Å². The van der Waals surface area contributed by atoms with Gasteiger partial charge in [-0.05, 0) is 11.1 Å². The fraction of sp³-hybridized carbons (Fsp3) is 0. The number of amidine groups is 1. The first kappa shape index (κ1) is 18.1. The number of nitrogens with one attached hydrogen (secondary N) is 1. The number of rotatable bonds is 3. The van der Waals surface area contributed by atoms with E-state index in [4.69, 9.17) is 22.5 Å². The first-order valence-corrected chi connectivity index (χ1v) is 9.41. The molecule has 0 aliphatic carbocycles. The van der Waals surface area contributed by atoms with Crippen molar-refractivity contribution < 1.29 is 10.3 Å². The molecule has 0 amide bonds. The maximum atomic E-state index is 12.6. The van der Waals surface area contributed by atoms with Crippen molar-refractivity contribution in [1.29, 1.82) is 0 Å². The van der Waals surface area contributed by atoms with E-state index in [1.54, 1.807) is 24.3 Å². The largest absolute Gasteiger partial charge is 0.506 e. The van der Waals surface area contributed by atoms with Gasteiger partial charge in [-0.1, -0.05) is 71.4 Å². The highest BCUT2D eigenvalue weighted by molar-refractivity contribution is 7.23. The van der Waals surface area contributed by atoms with E-state index in [9.17, 15) is 9.90 Å². The van der Waals surface area contributed by atoms with Gasteiger partial charge >= 0.3 is 0 Å². The van der Waals surface area contributed by atoms with Crippen LogP contribution in [0, 0.1) is 0 Å². The second-order valence-corrected chi connectivity index (χ2v) is 7.68. The van der Waals surface area contributed by atoms with Gasteiger partial charge in [0.25, 0.3) is 5.56 Å². The molecule has 0 atom stereocenters. The van der Waals surface area contributed by atoms with Crippen molar-refractivity contribution in [3.05, 3.63) is 74.9 Å². The van der Waals surface area contributed by atoms with Crippen LogP contribution in [0.1, 0.15) is 5.56 Å². The Hall–Kier alpha value is -3.29. The van der Waals surface area contributed by atoms with Gasteiger partial charge in [-0.25, -0.2) is 0 Å². The molecule has 0 saturated carbocycles. The highest BCUT2D eigenvalue weighted by atomic mass is 35.5. The summed E-state index contributed by atoms with van der Waals surface area (Å²) in [6, 6.07) is 15.9. The van der Waals surface area contributed by atoms with Crippen LogP contribution in [-0.4, -0.2) is 21.1 Å². The summed E-state index contributed by atoms with van der Waals surface area (Å²) in [4.78, 5) is 16.0. The number of aromatic hydroxyl groups is 1. The first-order chi connectivity index (χ1) is 13.5. The lowest BCUT2D eigenvalue weighted by Gasteiger charge is -2.08. The summed E-state index contributed by atoms with van der Waals surface area (Å²) in [6.45, 7) is 0. The minimum atomic E-state index is -0.431. The Bertz CT molecular complexity index is 1260. The molecule has 0 bridgehead atoms. The Kier molecular flexibility index (Phi) is 4.54. The monoisotopic (exact) mass is 411 g/mol. The van der Waals surface area contributed by atoms with Crippen molar-refractivity contribution in [3.63, 3.8) is 0 Å². The number of H-pyrrole nitrogens is 1. The van der Waals surface area contributed by atoms with E-state index in [1.165, 1.54) is 11.3 Å². The molecular weight excluding hydrogens is 398 g/mol. The zero-order valence-electron chi connectivity index (χ0n) is 14.3.